The molecule has 0 saturated carbocycles. The number of ether oxygens (including phenoxy) is 1. The van der Waals surface area contributed by atoms with Gasteiger partial charge >= 0.3 is 0 Å². The van der Waals surface area contributed by atoms with Crippen molar-refractivity contribution in [2.75, 3.05) is 13.2 Å². The standard InChI is InChI=1S/C10H12N2O2S.ClH/c11-12(10(13)8-15)6-7-14-9-4-2-1-3-5-9;/h1-5,8H,6-7,11H2;1H. The lowest BCUT2D eigenvalue weighted by Crippen LogP contribution is -2.40. The van der Waals surface area contributed by atoms with Gasteiger partial charge in [0.15, 0.2) is 0 Å². The van der Waals surface area contributed by atoms with Crippen molar-refractivity contribution in [3.8, 4) is 5.75 Å². The highest BCUT2D eigenvalue weighted by atomic mass is 35.5. The highest BCUT2D eigenvalue weighted by Crippen LogP contribution is 2.07. The smallest absolute Gasteiger partial charge is 0.271 e. The normalized spacial score (nSPS) is 8.81. The van der Waals surface area contributed by atoms with Gasteiger partial charge in [-0.15, -0.1) is 12.4 Å². The number of hydrazine groups is 1. The van der Waals surface area contributed by atoms with Crippen molar-refractivity contribution in [1.29, 1.82) is 0 Å². The highest BCUT2D eigenvalue weighted by molar-refractivity contribution is 7.80. The van der Waals surface area contributed by atoms with E-state index < -0.39 is 0 Å². The number of nitrogens with two attached hydrogens (primary N) is 1. The summed E-state index contributed by atoms with van der Waals surface area (Å²) in [5.74, 6) is 5.76. The van der Waals surface area contributed by atoms with Crippen molar-refractivity contribution in [3.63, 3.8) is 0 Å². The molecule has 0 unspecified atom stereocenters. The number of carbonyl (C=O) groups is 1. The lowest BCUT2D eigenvalue weighted by Gasteiger charge is -2.14. The molecule has 2 N–H and O–H groups in total. The Hall–Kier alpha value is -1.17. The second-order valence-corrected chi connectivity index (χ2v) is 3.05. The monoisotopic (exact) mass is 260 g/mol. The average Bonchev–Trinajstić information content (AvgIpc) is 2.29. The van der Waals surface area contributed by atoms with Gasteiger partial charge in [-0.1, -0.05) is 30.4 Å². The molecule has 0 aliphatic rings. The molecule has 0 aliphatic heterocycles. The second-order valence-electron chi connectivity index (χ2n) is 2.81. The highest BCUT2D eigenvalue weighted by Gasteiger charge is 2.04. The van der Waals surface area contributed by atoms with E-state index in [2.05, 4.69) is 12.2 Å². The first-order valence-corrected chi connectivity index (χ1v) is 4.90. The average molecular weight is 261 g/mol. The van der Waals surface area contributed by atoms with Crippen molar-refractivity contribution in [2.45, 2.75) is 0 Å². The van der Waals surface area contributed by atoms with Crippen LogP contribution in [0.1, 0.15) is 0 Å². The third kappa shape index (κ3) is 5.06. The number of amides is 1. The molecule has 0 atom stereocenters. The molecule has 1 aromatic rings. The van der Waals surface area contributed by atoms with Crippen LogP contribution >= 0.6 is 24.6 Å². The first-order valence-electron chi connectivity index (χ1n) is 4.43. The van der Waals surface area contributed by atoms with Gasteiger partial charge in [-0.2, -0.15) is 0 Å². The largest absolute Gasteiger partial charge is 0.492 e. The van der Waals surface area contributed by atoms with Crippen LogP contribution in [0, 0.1) is 0 Å². The number of thiocarbonyl (C=S) groups is 1. The topological polar surface area (TPSA) is 55.6 Å². The van der Waals surface area contributed by atoms with E-state index >= 15 is 0 Å². The van der Waals surface area contributed by atoms with Crippen LogP contribution in [0.5, 0.6) is 5.75 Å². The van der Waals surface area contributed by atoms with E-state index in [0.717, 1.165) is 16.1 Å². The molecule has 0 fully saturated rings. The Bertz CT molecular complexity index is 335. The van der Waals surface area contributed by atoms with E-state index in [4.69, 9.17) is 10.6 Å². The van der Waals surface area contributed by atoms with E-state index in [-0.39, 0.29) is 18.3 Å². The molecule has 6 heteroatoms. The van der Waals surface area contributed by atoms with Gasteiger partial charge in [-0.25, -0.2) is 5.84 Å². The van der Waals surface area contributed by atoms with Gasteiger partial charge in [-0.05, 0) is 12.1 Å². The Kier molecular flexibility index (Phi) is 7.45. The van der Waals surface area contributed by atoms with Crippen molar-refractivity contribution in [1.82, 2.24) is 5.01 Å². The number of carbonyl (C=O) groups excluding carboxylic acids is 1. The van der Waals surface area contributed by atoms with Crippen LogP contribution in [0.25, 0.3) is 0 Å². The van der Waals surface area contributed by atoms with Crippen LogP contribution in [-0.2, 0) is 4.79 Å². The van der Waals surface area contributed by atoms with Crippen LogP contribution in [0.3, 0.4) is 0 Å². The van der Waals surface area contributed by atoms with Crippen molar-refractivity contribution >= 4 is 35.9 Å². The summed E-state index contributed by atoms with van der Waals surface area (Å²) in [6.45, 7) is 0.649. The maximum atomic E-state index is 10.9. The number of rotatable bonds is 5. The molecule has 0 saturated heterocycles. The molecule has 0 spiro atoms. The zero-order valence-corrected chi connectivity index (χ0v) is 10.2. The van der Waals surface area contributed by atoms with Crippen LogP contribution in [0.4, 0.5) is 0 Å². The summed E-state index contributed by atoms with van der Waals surface area (Å²) >= 11 is 4.46. The molecule has 0 heterocycles. The Morgan fingerprint density at radius 1 is 1.44 bits per heavy atom. The fourth-order valence-electron chi connectivity index (χ4n) is 0.956. The van der Waals surface area contributed by atoms with Gasteiger partial charge in [0.2, 0.25) is 0 Å². The predicted octanol–water partition coefficient (Wildman–Crippen LogP) is 1.19. The summed E-state index contributed by atoms with van der Waals surface area (Å²) < 4.78 is 5.35. The minimum absolute atomic E-state index is 0. The maximum absolute atomic E-state index is 10.9. The van der Waals surface area contributed by atoms with E-state index in [1.165, 1.54) is 0 Å². The van der Waals surface area contributed by atoms with E-state index in [9.17, 15) is 4.79 Å². The number of halogens is 1. The Labute approximate surface area is 106 Å². The minimum atomic E-state index is -0.387. The first-order chi connectivity index (χ1) is 7.24. The lowest BCUT2D eigenvalue weighted by atomic mass is 10.3. The predicted molar refractivity (Wildman–Crippen MR) is 68.7 cm³/mol. The van der Waals surface area contributed by atoms with Crippen LogP contribution in [0.15, 0.2) is 30.3 Å². The molecule has 1 amide bonds. The summed E-state index contributed by atoms with van der Waals surface area (Å²) in [7, 11) is 0. The van der Waals surface area contributed by atoms with Gasteiger partial charge in [0.05, 0.1) is 11.9 Å². The van der Waals surface area contributed by atoms with Crippen molar-refractivity contribution < 1.29 is 9.53 Å². The van der Waals surface area contributed by atoms with Gasteiger partial charge in [-0.3, -0.25) is 9.80 Å². The summed E-state index contributed by atoms with van der Waals surface area (Å²) in [5.41, 5.74) is 0. The number of para-hydroxylation sites is 1. The zero-order chi connectivity index (χ0) is 11.1. The molecule has 1 aromatic carbocycles. The molecule has 0 radical (unpaired) electrons. The van der Waals surface area contributed by atoms with Crippen molar-refractivity contribution in [2.24, 2.45) is 5.84 Å². The van der Waals surface area contributed by atoms with Gasteiger partial charge in [0.1, 0.15) is 12.4 Å². The third-order valence-electron chi connectivity index (χ3n) is 1.73. The molecular formula is C10H13ClN2O2S. The molecule has 16 heavy (non-hydrogen) atoms. The number of nitrogens with zero attached hydrogens (tertiary/aromatic N) is 1. The van der Waals surface area contributed by atoms with Crippen molar-refractivity contribution in [3.05, 3.63) is 30.3 Å². The Balaban J connectivity index is 0.00000225. The van der Waals surface area contributed by atoms with E-state index in [1.54, 1.807) is 0 Å². The summed E-state index contributed by atoms with van der Waals surface area (Å²) in [6.07, 6.45) is 0. The van der Waals surface area contributed by atoms with Gasteiger partial charge < -0.3 is 4.74 Å². The molecular weight excluding hydrogens is 248 g/mol. The Morgan fingerprint density at radius 3 is 2.62 bits per heavy atom. The summed E-state index contributed by atoms with van der Waals surface area (Å²) in [6, 6.07) is 9.32. The molecule has 1 rings (SSSR count). The van der Waals surface area contributed by atoms with E-state index in [0.29, 0.717) is 13.2 Å². The SMILES string of the molecule is Cl.NN(CCOc1ccccc1)C(=O)C=S. The number of hydrogen-bond donors (Lipinski definition) is 1. The molecule has 4 nitrogen and oxygen atoms in total. The van der Waals surface area contributed by atoms with Gasteiger partial charge in [0.25, 0.3) is 5.91 Å². The third-order valence-corrected chi connectivity index (χ3v) is 1.93. The van der Waals surface area contributed by atoms with E-state index in [1.807, 2.05) is 30.3 Å². The summed E-state index contributed by atoms with van der Waals surface area (Å²) in [4.78, 5) is 10.9. The summed E-state index contributed by atoms with van der Waals surface area (Å²) in [5, 5.41) is 2.03. The zero-order valence-electron chi connectivity index (χ0n) is 8.54. The second kappa shape index (κ2) is 8.04. The number of hydrogen-bond acceptors (Lipinski definition) is 4. The minimum Gasteiger partial charge on any atom is -0.492 e. The fourth-order valence-corrected chi connectivity index (χ4v) is 1.09. The quantitative estimate of drug-likeness (QED) is 0.374. The molecule has 88 valence electrons. The van der Waals surface area contributed by atoms with Crippen LogP contribution < -0.4 is 10.6 Å². The first kappa shape index (κ1) is 14.8. The fraction of sp³-hybridized carbons (Fsp3) is 0.200. The molecule has 0 aliphatic carbocycles. The Morgan fingerprint density at radius 2 is 2.06 bits per heavy atom. The van der Waals surface area contributed by atoms with Gasteiger partial charge in [0, 0.05) is 0 Å². The van der Waals surface area contributed by atoms with Crippen LogP contribution in [0.2, 0.25) is 0 Å². The number of benzene rings is 1. The maximum Gasteiger partial charge on any atom is 0.271 e. The molecule has 0 aromatic heterocycles. The van der Waals surface area contributed by atoms with Crippen LogP contribution in [-0.4, -0.2) is 29.4 Å². The molecule has 0 bridgehead atoms. The lowest BCUT2D eigenvalue weighted by molar-refractivity contribution is -0.124.